The molecule has 0 heterocycles. The Kier molecular flexibility index (Phi) is 5.71. The molecule has 7 heteroatoms. The van der Waals surface area contributed by atoms with Gasteiger partial charge in [0.25, 0.3) is 5.91 Å². The number of hydrogen-bond donors (Lipinski definition) is 2. The molecule has 0 aliphatic heterocycles. The van der Waals surface area contributed by atoms with Crippen LogP contribution in [0, 0.1) is 13.8 Å². The Morgan fingerprint density at radius 2 is 1.95 bits per heavy atom. The minimum atomic E-state index is -1.13. The van der Waals surface area contributed by atoms with E-state index in [-0.39, 0.29) is 6.61 Å². The Morgan fingerprint density at radius 1 is 1.29 bits per heavy atom. The normalized spacial score (nSPS) is 11.4. The van der Waals surface area contributed by atoms with Crippen LogP contribution < -0.4 is 15.8 Å². The van der Waals surface area contributed by atoms with E-state index in [2.05, 4.69) is 0 Å². The molecule has 0 radical (unpaired) electrons. The fourth-order valence-electron chi connectivity index (χ4n) is 1.51. The number of hydrogen-bond acceptors (Lipinski definition) is 5. The summed E-state index contributed by atoms with van der Waals surface area (Å²) in [4.78, 5) is 33.4. The number of imide groups is 1. The van der Waals surface area contributed by atoms with Gasteiger partial charge in [0.05, 0.1) is 0 Å². The van der Waals surface area contributed by atoms with Crippen molar-refractivity contribution in [2.75, 3.05) is 6.61 Å². The summed E-state index contributed by atoms with van der Waals surface area (Å²) in [6, 6.07) is 4.59. The Hall–Kier alpha value is -2.57. The Balaban J connectivity index is 2.49. The number of primary amides is 1. The maximum atomic E-state index is 11.6. The largest absolute Gasteiger partial charge is 0.482 e. The van der Waals surface area contributed by atoms with Gasteiger partial charge in [-0.05, 0) is 38.0 Å². The maximum Gasteiger partial charge on any atom is 0.344 e. The van der Waals surface area contributed by atoms with Crippen LogP contribution in [0.4, 0.5) is 4.79 Å². The lowest BCUT2D eigenvalue weighted by molar-refractivity contribution is -0.156. The number of aryl methyl sites for hydroxylation is 2. The second-order valence-corrected chi connectivity index (χ2v) is 4.54. The molecule has 21 heavy (non-hydrogen) atoms. The molecule has 3 N–H and O–H groups in total. The molecule has 1 rings (SSSR count). The first-order valence-electron chi connectivity index (χ1n) is 6.29. The van der Waals surface area contributed by atoms with E-state index in [4.69, 9.17) is 15.2 Å². The van der Waals surface area contributed by atoms with Gasteiger partial charge < -0.3 is 15.2 Å². The van der Waals surface area contributed by atoms with Crippen molar-refractivity contribution < 1.29 is 23.9 Å². The van der Waals surface area contributed by atoms with Crippen LogP contribution in [0.1, 0.15) is 18.1 Å². The fraction of sp³-hybridized carbons (Fsp3) is 0.357. The van der Waals surface area contributed by atoms with Gasteiger partial charge in [0.1, 0.15) is 5.75 Å². The van der Waals surface area contributed by atoms with E-state index >= 15 is 0 Å². The monoisotopic (exact) mass is 294 g/mol. The standard InChI is InChI=1S/C14H18N2O5/c1-8-4-5-9(2)11(6-8)20-7-12(17)21-10(3)13(18)16-14(15)19/h4-6,10H,7H2,1-3H3,(H3,15,16,18,19)/t10-/m1/s1. The van der Waals surface area contributed by atoms with Crippen LogP contribution in [0.2, 0.25) is 0 Å². The smallest absolute Gasteiger partial charge is 0.344 e. The molecule has 0 saturated carbocycles. The maximum absolute atomic E-state index is 11.6. The number of nitrogens with one attached hydrogen (secondary N) is 1. The van der Waals surface area contributed by atoms with Crippen molar-refractivity contribution in [2.45, 2.75) is 26.9 Å². The molecule has 1 aromatic rings. The third-order valence-corrected chi connectivity index (χ3v) is 2.61. The van der Waals surface area contributed by atoms with Crippen LogP contribution in [0.15, 0.2) is 18.2 Å². The number of carbonyl (C=O) groups is 3. The molecular formula is C14H18N2O5. The molecule has 0 unspecified atom stereocenters. The highest BCUT2D eigenvalue weighted by molar-refractivity contribution is 5.96. The van der Waals surface area contributed by atoms with Crippen LogP contribution in [-0.4, -0.2) is 30.6 Å². The third-order valence-electron chi connectivity index (χ3n) is 2.61. The first kappa shape index (κ1) is 16.5. The van der Waals surface area contributed by atoms with Crippen LogP contribution in [0.3, 0.4) is 0 Å². The van der Waals surface area contributed by atoms with E-state index in [9.17, 15) is 14.4 Å². The first-order chi connectivity index (χ1) is 9.79. The second kappa shape index (κ2) is 7.28. The molecule has 1 atom stereocenters. The van der Waals surface area contributed by atoms with Gasteiger partial charge in [-0.25, -0.2) is 9.59 Å². The molecule has 7 nitrogen and oxygen atoms in total. The van der Waals surface area contributed by atoms with Crippen molar-refractivity contribution in [3.63, 3.8) is 0 Å². The lowest BCUT2D eigenvalue weighted by atomic mass is 10.1. The number of nitrogens with two attached hydrogens (primary N) is 1. The highest BCUT2D eigenvalue weighted by Gasteiger charge is 2.19. The molecule has 0 bridgehead atoms. The summed E-state index contributed by atoms with van der Waals surface area (Å²) in [5.74, 6) is -0.938. The number of esters is 1. The van der Waals surface area contributed by atoms with Crippen LogP contribution in [-0.2, 0) is 14.3 Å². The van der Waals surface area contributed by atoms with Crippen molar-refractivity contribution in [1.82, 2.24) is 5.32 Å². The molecule has 0 saturated heterocycles. The van der Waals surface area contributed by atoms with Gasteiger partial charge in [-0.3, -0.25) is 10.1 Å². The summed E-state index contributed by atoms with van der Waals surface area (Å²) in [7, 11) is 0. The van der Waals surface area contributed by atoms with Gasteiger partial charge in [0.2, 0.25) is 0 Å². The van der Waals surface area contributed by atoms with E-state index in [0.29, 0.717) is 5.75 Å². The van der Waals surface area contributed by atoms with Crippen LogP contribution >= 0.6 is 0 Å². The molecule has 3 amide bonds. The Morgan fingerprint density at radius 3 is 2.57 bits per heavy atom. The van der Waals surface area contributed by atoms with Crippen LogP contribution in [0.25, 0.3) is 0 Å². The zero-order valence-electron chi connectivity index (χ0n) is 12.1. The highest BCUT2D eigenvalue weighted by Crippen LogP contribution is 2.18. The predicted octanol–water partition coefficient (Wildman–Crippen LogP) is 0.809. The Bertz CT molecular complexity index is 556. The van der Waals surface area contributed by atoms with E-state index in [1.807, 2.05) is 31.3 Å². The molecule has 0 fully saturated rings. The molecule has 0 spiro atoms. The van der Waals surface area contributed by atoms with Crippen LogP contribution in [0.5, 0.6) is 5.75 Å². The lowest BCUT2D eigenvalue weighted by Gasteiger charge is -2.13. The number of carbonyl (C=O) groups excluding carboxylic acids is 3. The van der Waals surface area contributed by atoms with E-state index in [0.717, 1.165) is 11.1 Å². The average Bonchev–Trinajstić information content (AvgIpc) is 2.39. The summed E-state index contributed by atoms with van der Waals surface area (Å²) >= 11 is 0. The predicted molar refractivity (Wildman–Crippen MR) is 74.7 cm³/mol. The SMILES string of the molecule is Cc1ccc(C)c(OCC(=O)O[C@H](C)C(=O)NC(N)=O)c1. The first-order valence-corrected chi connectivity index (χ1v) is 6.29. The summed E-state index contributed by atoms with van der Waals surface area (Å²) in [5.41, 5.74) is 6.67. The number of rotatable bonds is 5. The van der Waals surface area contributed by atoms with E-state index < -0.39 is 24.0 Å². The van der Waals surface area contributed by atoms with Gasteiger partial charge in [0.15, 0.2) is 12.7 Å². The summed E-state index contributed by atoms with van der Waals surface area (Å²) in [6.45, 7) is 4.75. The van der Waals surface area contributed by atoms with Gasteiger partial charge >= 0.3 is 12.0 Å². The highest BCUT2D eigenvalue weighted by atomic mass is 16.6. The van der Waals surface area contributed by atoms with Gasteiger partial charge in [-0.2, -0.15) is 0 Å². The lowest BCUT2D eigenvalue weighted by Crippen LogP contribution is -2.42. The average molecular weight is 294 g/mol. The van der Waals surface area contributed by atoms with Crippen molar-refractivity contribution >= 4 is 17.9 Å². The molecule has 0 aliphatic carbocycles. The van der Waals surface area contributed by atoms with E-state index in [1.165, 1.54) is 6.92 Å². The quantitative estimate of drug-likeness (QED) is 0.781. The third kappa shape index (κ3) is 5.52. The number of amides is 3. The fourth-order valence-corrected chi connectivity index (χ4v) is 1.51. The summed E-state index contributed by atoms with van der Waals surface area (Å²) < 4.78 is 10.2. The number of benzene rings is 1. The van der Waals surface area contributed by atoms with Crippen molar-refractivity contribution in [1.29, 1.82) is 0 Å². The van der Waals surface area contributed by atoms with Crippen molar-refractivity contribution in [2.24, 2.45) is 5.73 Å². The van der Waals surface area contributed by atoms with Gasteiger partial charge in [-0.1, -0.05) is 12.1 Å². The topological polar surface area (TPSA) is 108 Å². The number of urea groups is 1. The van der Waals surface area contributed by atoms with Gasteiger partial charge in [0, 0.05) is 0 Å². The summed E-state index contributed by atoms with van der Waals surface area (Å²) in [6.07, 6.45) is -1.13. The molecule has 114 valence electrons. The molecule has 0 aromatic heterocycles. The van der Waals surface area contributed by atoms with E-state index in [1.54, 1.807) is 6.07 Å². The summed E-state index contributed by atoms with van der Waals surface area (Å²) in [5, 5.41) is 1.82. The minimum absolute atomic E-state index is 0.335. The zero-order valence-corrected chi connectivity index (χ0v) is 12.1. The van der Waals surface area contributed by atoms with Crippen molar-refractivity contribution in [3.8, 4) is 5.75 Å². The molecular weight excluding hydrogens is 276 g/mol. The molecule has 1 aromatic carbocycles. The minimum Gasteiger partial charge on any atom is -0.482 e. The zero-order chi connectivity index (χ0) is 16.0. The second-order valence-electron chi connectivity index (χ2n) is 4.54. The van der Waals surface area contributed by atoms with Crippen molar-refractivity contribution in [3.05, 3.63) is 29.3 Å². The molecule has 0 aliphatic rings. The van der Waals surface area contributed by atoms with Gasteiger partial charge in [-0.15, -0.1) is 0 Å². The Labute approximate surface area is 122 Å². The number of ether oxygens (including phenoxy) is 2.